The number of carbonyl (C=O) groups excluding carboxylic acids is 4. The molecule has 0 aliphatic carbocycles. The molecule has 0 radical (unpaired) electrons. The molecule has 0 bridgehead atoms. The first kappa shape index (κ1) is 35.9. The zero-order valence-corrected chi connectivity index (χ0v) is 23.1. The Hall–Kier alpha value is -4.15. The minimum atomic E-state index is -1.33. The summed E-state index contributed by atoms with van der Waals surface area (Å²) in [5.41, 5.74) is 32.3. The van der Waals surface area contributed by atoms with Crippen molar-refractivity contribution in [2.24, 2.45) is 50.3 Å². The molecule has 0 saturated carbocycles. The van der Waals surface area contributed by atoms with Crippen LogP contribution in [-0.4, -0.2) is 83.9 Å². The zero-order valence-electron chi connectivity index (χ0n) is 23.1. The quantitative estimate of drug-likeness (QED) is 0.0384. The standard InChI is InChI=1S/C23H45N11O6/c1-12(2)11-13(24)18(36)32-14(5-3-9-30-22(26)27)19(37)33-15(7-8-17(25)35)20(38)34-16(21(39)40)6-4-10-31-23(28)29/h12-16H,3-11,24H2,1-2H3,(H2,25,35)(H,32,36)(H,33,37)(H,34,38)(H,39,40)(H4,26,27,30)(H4,28,29,31). The maximum Gasteiger partial charge on any atom is 0.326 e. The van der Waals surface area contributed by atoms with Crippen molar-refractivity contribution in [1.29, 1.82) is 0 Å². The van der Waals surface area contributed by atoms with Gasteiger partial charge in [0.05, 0.1) is 6.04 Å². The van der Waals surface area contributed by atoms with Gasteiger partial charge in [0.2, 0.25) is 23.6 Å². The maximum atomic E-state index is 13.2. The third-order valence-electron chi connectivity index (χ3n) is 5.51. The molecule has 0 rings (SSSR count). The molecule has 228 valence electrons. The van der Waals surface area contributed by atoms with Gasteiger partial charge < -0.3 is 55.5 Å². The van der Waals surface area contributed by atoms with Gasteiger partial charge in [0.25, 0.3) is 0 Å². The highest BCUT2D eigenvalue weighted by molar-refractivity contribution is 5.94. The number of primary amides is 1. The second kappa shape index (κ2) is 19.0. The van der Waals surface area contributed by atoms with E-state index < -0.39 is 53.8 Å². The molecule has 0 aromatic carbocycles. The van der Waals surface area contributed by atoms with Gasteiger partial charge in [-0.05, 0) is 44.4 Å². The summed E-state index contributed by atoms with van der Waals surface area (Å²) in [7, 11) is 0. The number of hydrogen-bond donors (Lipinski definition) is 10. The van der Waals surface area contributed by atoms with E-state index in [0.29, 0.717) is 12.8 Å². The Kier molecular flexibility index (Phi) is 17.0. The first-order chi connectivity index (χ1) is 18.6. The van der Waals surface area contributed by atoms with Crippen LogP contribution in [0.5, 0.6) is 0 Å². The van der Waals surface area contributed by atoms with Crippen molar-refractivity contribution in [3.63, 3.8) is 0 Å². The molecule has 0 fully saturated rings. The highest BCUT2D eigenvalue weighted by Crippen LogP contribution is 2.07. The van der Waals surface area contributed by atoms with Gasteiger partial charge in [0, 0.05) is 19.5 Å². The molecule has 0 aliphatic heterocycles. The van der Waals surface area contributed by atoms with Crippen LogP contribution in [0, 0.1) is 5.92 Å². The zero-order chi connectivity index (χ0) is 30.8. The number of nitrogens with zero attached hydrogens (tertiary/aromatic N) is 2. The van der Waals surface area contributed by atoms with Crippen molar-refractivity contribution in [3.05, 3.63) is 0 Å². The molecule has 17 heteroatoms. The number of rotatable bonds is 20. The lowest BCUT2D eigenvalue weighted by Crippen LogP contribution is -2.57. The number of aliphatic carboxylic acids is 1. The molecule has 0 aliphatic rings. The summed E-state index contributed by atoms with van der Waals surface area (Å²) in [5.74, 6) is -4.40. The number of carbonyl (C=O) groups is 5. The summed E-state index contributed by atoms with van der Waals surface area (Å²) in [5, 5.41) is 16.9. The third-order valence-corrected chi connectivity index (χ3v) is 5.51. The Morgan fingerprint density at radius 2 is 1.12 bits per heavy atom. The number of hydrogen-bond acceptors (Lipinski definition) is 8. The summed E-state index contributed by atoms with van der Waals surface area (Å²) in [6.07, 6.45) is 0.507. The molecule has 0 saturated heterocycles. The van der Waals surface area contributed by atoms with Crippen LogP contribution in [0.2, 0.25) is 0 Å². The van der Waals surface area contributed by atoms with Crippen molar-refractivity contribution in [2.45, 2.75) is 83.0 Å². The van der Waals surface area contributed by atoms with Crippen molar-refractivity contribution in [2.75, 3.05) is 13.1 Å². The Balaban J connectivity index is 5.68. The Morgan fingerprint density at radius 1 is 0.700 bits per heavy atom. The highest BCUT2D eigenvalue weighted by Gasteiger charge is 2.30. The number of guanidine groups is 2. The van der Waals surface area contributed by atoms with Crippen molar-refractivity contribution >= 4 is 41.5 Å². The lowest BCUT2D eigenvalue weighted by Gasteiger charge is -2.25. The summed E-state index contributed by atoms with van der Waals surface area (Å²) in [6.45, 7) is 4.09. The first-order valence-electron chi connectivity index (χ1n) is 12.9. The molecule has 16 N–H and O–H groups in total. The van der Waals surface area contributed by atoms with E-state index in [2.05, 4.69) is 25.9 Å². The molecule has 0 aromatic rings. The third kappa shape index (κ3) is 16.6. The van der Waals surface area contributed by atoms with Gasteiger partial charge in [-0.3, -0.25) is 29.2 Å². The molecule has 4 amide bonds. The van der Waals surface area contributed by atoms with E-state index in [1.165, 1.54) is 0 Å². The van der Waals surface area contributed by atoms with Crippen LogP contribution < -0.4 is 50.4 Å². The minimum absolute atomic E-state index is 0.00838. The number of nitrogens with one attached hydrogen (secondary N) is 3. The number of nitrogens with two attached hydrogens (primary N) is 6. The lowest BCUT2D eigenvalue weighted by molar-refractivity contribution is -0.142. The predicted molar refractivity (Wildman–Crippen MR) is 149 cm³/mol. The van der Waals surface area contributed by atoms with Gasteiger partial charge in [-0.2, -0.15) is 0 Å². The molecular formula is C23H45N11O6. The van der Waals surface area contributed by atoms with Crippen LogP contribution in [0.4, 0.5) is 0 Å². The van der Waals surface area contributed by atoms with Crippen LogP contribution in [0.1, 0.15) is 58.8 Å². The summed E-state index contributed by atoms with van der Waals surface area (Å²) >= 11 is 0. The fourth-order valence-corrected chi connectivity index (χ4v) is 3.53. The maximum absolute atomic E-state index is 13.2. The van der Waals surface area contributed by atoms with Crippen molar-refractivity contribution in [3.8, 4) is 0 Å². The van der Waals surface area contributed by atoms with Gasteiger partial charge in [-0.25, -0.2) is 4.79 Å². The second-order valence-electron chi connectivity index (χ2n) is 9.66. The monoisotopic (exact) mass is 571 g/mol. The Labute approximate surface area is 233 Å². The average Bonchev–Trinajstić information content (AvgIpc) is 2.83. The largest absolute Gasteiger partial charge is 0.480 e. The van der Waals surface area contributed by atoms with Crippen molar-refractivity contribution < 1.29 is 29.1 Å². The van der Waals surface area contributed by atoms with Crippen LogP contribution in [-0.2, 0) is 24.0 Å². The number of aliphatic imine (C=N–C) groups is 2. The van der Waals surface area contributed by atoms with Gasteiger partial charge >= 0.3 is 5.97 Å². The molecule has 0 heterocycles. The van der Waals surface area contributed by atoms with Gasteiger partial charge in [0.1, 0.15) is 18.1 Å². The van der Waals surface area contributed by atoms with E-state index in [1.54, 1.807) is 0 Å². The smallest absolute Gasteiger partial charge is 0.326 e. The average molecular weight is 572 g/mol. The fourth-order valence-electron chi connectivity index (χ4n) is 3.53. The Morgan fingerprint density at radius 3 is 1.55 bits per heavy atom. The molecule has 4 unspecified atom stereocenters. The molecule has 17 nitrogen and oxygen atoms in total. The predicted octanol–water partition coefficient (Wildman–Crippen LogP) is -3.73. The minimum Gasteiger partial charge on any atom is -0.480 e. The summed E-state index contributed by atoms with van der Waals surface area (Å²) < 4.78 is 0. The molecule has 0 spiro atoms. The van der Waals surface area contributed by atoms with Gasteiger partial charge in [-0.1, -0.05) is 13.8 Å². The second-order valence-corrected chi connectivity index (χ2v) is 9.66. The van der Waals surface area contributed by atoms with Crippen molar-refractivity contribution in [1.82, 2.24) is 16.0 Å². The van der Waals surface area contributed by atoms with E-state index in [1.807, 2.05) is 13.8 Å². The van der Waals surface area contributed by atoms with Crippen LogP contribution in [0.15, 0.2) is 9.98 Å². The molecule has 40 heavy (non-hydrogen) atoms. The van der Waals surface area contributed by atoms with E-state index in [0.717, 1.165) is 0 Å². The highest BCUT2D eigenvalue weighted by atomic mass is 16.4. The van der Waals surface area contributed by atoms with Crippen LogP contribution >= 0.6 is 0 Å². The number of carboxylic acids is 1. The lowest BCUT2D eigenvalue weighted by atomic mass is 10.0. The van der Waals surface area contributed by atoms with Crippen LogP contribution in [0.3, 0.4) is 0 Å². The Bertz CT molecular complexity index is 917. The SMILES string of the molecule is CC(C)CC(N)C(=O)NC(CCCN=C(N)N)C(=O)NC(CCC(N)=O)C(=O)NC(CCCN=C(N)N)C(=O)O. The van der Waals surface area contributed by atoms with Gasteiger partial charge in [-0.15, -0.1) is 0 Å². The van der Waals surface area contributed by atoms with E-state index in [4.69, 9.17) is 34.4 Å². The molecule has 4 atom stereocenters. The van der Waals surface area contributed by atoms with Gasteiger partial charge in [0.15, 0.2) is 11.9 Å². The molecular weight excluding hydrogens is 526 g/mol. The normalized spacial score (nSPS) is 13.7. The van der Waals surface area contributed by atoms with E-state index in [-0.39, 0.29) is 63.0 Å². The fraction of sp³-hybridized carbons (Fsp3) is 0.696. The summed E-state index contributed by atoms with van der Waals surface area (Å²) in [4.78, 5) is 69.5. The van der Waals surface area contributed by atoms with E-state index >= 15 is 0 Å². The number of carboxylic acid groups (broad SMARTS) is 1. The topological polar surface area (TPSA) is 323 Å². The van der Waals surface area contributed by atoms with Crippen LogP contribution in [0.25, 0.3) is 0 Å². The summed E-state index contributed by atoms with van der Waals surface area (Å²) in [6, 6.07) is -4.66. The molecule has 0 aromatic heterocycles. The van der Waals surface area contributed by atoms with E-state index in [9.17, 15) is 29.1 Å². The first-order valence-corrected chi connectivity index (χ1v) is 12.9. The number of amides is 4.